The third-order valence-electron chi connectivity index (χ3n) is 4.06. The van der Waals surface area contributed by atoms with Crippen molar-refractivity contribution in [2.45, 2.75) is 42.4 Å². The van der Waals surface area contributed by atoms with Crippen molar-refractivity contribution >= 4 is 15.7 Å². The van der Waals surface area contributed by atoms with Gasteiger partial charge in [-0.3, -0.25) is 4.79 Å². The molecular formula is C15H20F2N2O3S. The Morgan fingerprint density at radius 2 is 1.91 bits per heavy atom. The molecule has 0 aromatic heterocycles. The van der Waals surface area contributed by atoms with Crippen LogP contribution in [0.4, 0.5) is 8.78 Å². The highest BCUT2D eigenvalue weighted by molar-refractivity contribution is 7.91. The molecule has 5 nitrogen and oxygen atoms in total. The van der Waals surface area contributed by atoms with Crippen LogP contribution in [0.1, 0.15) is 24.8 Å². The summed E-state index contributed by atoms with van der Waals surface area (Å²) in [5, 5.41) is 0. The number of nitrogens with two attached hydrogens (primary N) is 1. The van der Waals surface area contributed by atoms with Gasteiger partial charge < -0.3 is 10.6 Å². The van der Waals surface area contributed by atoms with Crippen LogP contribution in [0.5, 0.6) is 0 Å². The van der Waals surface area contributed by atoms with Crippen LogP contribution in [-0.4, -0.2) is 44.1 Å². The Morgan fingerprint density at radius 1 is 1.26 bits per heavy atom. The number of likely N-dealkylation sites (tertiary alicyclic amines) is 1. The standard InChI is InChI=1S/C15H20F2N2O3S/c16-15(17)23(21,22)13-6-4-11(5-7-13)9-14(20)19-8-2-1-3-12(19)10-18/h4-7,12,15H,1-3,8-10,18H2. The molecule has 1 heterocycles. The Hall–Kier alpha value is -1.54. The Kier molecular flexibility index (Phi) is 5.69. The topological polar surface area (TPSA) is 80.5 Å². The third kappa shape index (κ3) is 4.06. The number of amides is 1. The van der Waals surface area contributed by atoms with Crippen LogP contribution in [0, 0.1) is 0 Å². The molecule has 0 spiro atoms. The molecule has 128 valence electrons. The van der Waals surface area contributed by atoms with Gasteiger partial charge in [-0.1, -0.05) is 12.1 Å². The zero-order valence-electron chi connectivity index (χ0n) is 12.6. The molecule has 1 fully saturated rings. The normalized spacial score (nSPS) is 19.1. The molecule has 1 aliphatic heterocycles. The van der Waals surface area contributed by atoms with Gasteiger partial charge in [-0.15, -0.1) is 0 Å². The van der Waals surface area contributed by atoms with Gasteiger partial charge in [0.15, 0.2) is 0 Å². The lowest BCUT2D eigenvalue weighted by molar-refractivity contribution is -0.133. The van der Waals surface area contributed by atoms with Gasteiger partial charge in [0.1, 0.15) is 0 Å². The summed E-state index contributed by atoms with van der Waals surface area (Å²) in [5.41, 5.74) is 6.28. The Bertz CT molecular complexity index is 647. The number of hydrogen-bond donors (Lipinski definition) is 1. The smallest absolute Gasteiger partial charge is 0.338 e. The summed E-state index contributed by atoms with van der Waals surface area (Å²) >= 11 is 0. The molecule has 1 amide bonds. The highest BCUT2D eigenvalue weighted by Crippen LogP contribution is 2.20. The molecule has 2 N–H and O–H groups in total. The van der Waals surface area contributed by atoms with E-state index in [1.807, 2.05) is 0 Å². The first kappa shape index (κ1) is 17.8. The van der Waals surface area contributed by atoms with E-state index in [-0.39, 0.29) is 18.4 Å². The van der Waals surface area contributed by atoms with Gasteiger partial charge in [0.2, 0.25) is 15.7 Å². The molecule has 1 unspecified atom stereocenters. The zero-order valence-corrected chi connectivity index (χ0v) is 13.4. The van der Waals surface area contributed by atoms with Gasteiger partial charge in [-0.2, -0.15) is 8.78 Å². The predicted molar refractivity (Wildman–Crippen MR) is 81.7 cm³/mol. The van der Waals surface area contributed by atoms with Crippen molar-refractivity contribution in [3.63, 3.8) is 0 Å². The molecule has 1 atom stereocenters. The van der Waals surface area contributed by atoms with Gasteiger partial charge in [0.05, 0.1) is 11.3 Å². The maximum atomic E-state index is 12.5. The van der Waals surface area contributed by atoms with Crippen molar-refractivity contribution < 1.29 is 22.0 Å². The lowest BCUT2D eigenvalue weighted by atomic mass is 10.0. The van der Waals surface area contributed by atoms with Crippen molar-refractivity contribution in [3.8, 4) is 0 Å². The van der Waals surface area contributed by atoms with E-state index in [0.29, 0.717) is 18.7 Å². The largest absolute Gasteiger partial charge is 0.341 e. The first-order valence-corrected chi connectivity index (χ1v) is 9.01. The fourth-order valence-electron chi connectivity index (χ4n) is 2.75. The molecule has 0 saturated carbocycles. The first-order chi connectivity index (χ1) is 10.9. The molecular weight excluding hydrogens is 326 g/mol. The van der Waals surface area contributed by atoms with E-state index < -0.39 is 20.5 Å². The fourth-order valence-corrected chi connectivity index (χ4v) is 3.47. The number of alkyl halides is 2. The van der Waals surface area contributed by atoms with Gasteiger partial charge in [-0.05, 0) is 37.0 Å². The summed E-state index contributed by atoms with van der Waals surface area (Å²) in [6.45, 7) is 1.08. The fraction of sp³-hybridized carbons (Fsp3) is 0.533. The van der Waals surface area contributed by atoms with Crippen molar-refractivity contribution in [3.05, 3.63) is 29.8 Å². The molecule has 1 aromatic rings. The van der Waals surface area contributed by atoms with E-state index in [1.54, 1.807) is 4.90 Å². The summed E-state index contributed by atoms with van der Waals surface area (Å²) in [4.78, 5) is 13.7. The zero-order chi connectivity index (χ0) is 17.0. The average Bonchev–Trinajstić information content (AvgIpc) is 2.55. The Labute approximate surface area is 134 Å². The van der Waals surface area contributed by atoms with Crippen LogP contribution in [0.15, 0.2) is 29.2 Å². The maximum absolute atomic E-state index is 12.5. The van der Waals surface area contributed by atoms with Crippen LogP contribution in [0.2, 0.25) is 0 Å². The molecule has 23 heavy (non-hydrogen) atoms. The minimum Gasteiger partial charge on any atom is -0.338 e. The predicted octanol–water partition coefficient (Wildman–Crippen LogP) is 1.57. The highest BCUT2D eigenvalue weighted by Gasteiger charge is 2.27. The lowest BCUT2D eigenvalue weighted by Gasteiger charge is -2.35. The number of halogens is 2. The number of carbonyl (C=O) groups is 1. The van der Waals surface area contributed by atoms with E-state index in [2.05, 4.69) is 0 Å². The van der Waals surface area contributed by atoms with Crippen LogP contribution in [-0.2, 0) is 21.1 Å². The summed E-state index contributed by atoms with van der Waals surface area (Å²) < 4.78 is 47.7. The van der Waals surface area contributed by atoms with Gasteiger partial charge >= 0.3 is 5.76 Å². The quantitative estimate of drug-likeness (QED) is 0.877. The highest BCUT2D eigenvalue weighted by atomic mass is 32.2. The van der Waals surface area contributed by atoms with Crippen molar-refractivity contribution in [1.82, 2.24) is 4.90 Å². The molecule has 0 bridgehead atoms. The number of nitrogens with zero attached hydrogens (tertiary/aromatic N) is 1. The number of hydrogen-bond acceptors (Lipinski definition) is 4. The van der Waals surface area contributed by atoms with E-state index in [9.17, 15) is 22.0 Å². The Morgan fingerprint density at radius 3 is 2.48 bits per heavy atom. The van der Waals surface area contributed by atoms with Gasteiger partial charge in [-0.25, -0.2) is 8.42 Å². The summed E-state index contributed by atoms with van der Waals surface area (Å²) in [6.07, 6.45) is 2.97. The monoisotopic (exact) mass is 346 g/mol. The van der Waals surface area contributed by atoms with E-state index >= 15 is 0 Å². The summed E-state index contributed by atoms with van der Waals surface area (Å²) in [6, 6.07) is 5.06. The molecule has 1 saturated heterocycles. The van der Waals surface area contributed by atoms with Crippen LogP contribution in [0.3, 0.4) is 0 Å². The second-order valence-electron chi connectivity index (χ2n) is 5.60. The van der Waals surface area contributed by atoms with Gasteiger partial charge in [0.25, 0.3) is 0 Å². The first-order valence-electron chi connectivity index (χ1n) is 7.46. The molecule has 0 radical (unpaired) electrons. The molecule has 0 aliphatic carbocycles. The Balaban J connectivity index is 2.07. The summed E-state index contributed by atoms with van der Waals surface area (Å²) in [7, 11) is -4.60. The maximum Gasteiger partial charge on any atom is 0.341 e. The number of sulfone groups is 1. The molecule has 8 heteroatoms. The third-order valence-corrected chi connectivity index (χ3v) is 5.46. The van der Waals surface area contributed by atoms with Gasteiger partial charge in [0, 0.05) is 19.1 Å². The van der Waals surface area contributed by atoms with E-state index in [1.165, 1.54) is 12.1 Å². The number of carbonyl (C=O) groups excluding carboxylic acids is 1. The second-order valence-corrected chi connectivity index (χ2v) is 7.52. The second kappa shape index (κ2) is 7.35. The summed E-state index contributed by atoms with van der Waals surface area (Å²) in [5.74, 6) is -3.53. The van der Waals surface area contributed by atoms with E-state index in [4.69, 9.17) is 5.73 Å². The average molecular weight is 346 g/mol. The molecule has 1 aliphatic rings. The molecule has 2 rings (SSSR count). The van der Waals surface area contributed by atoms with Crippen LogP contribution < -0.4 is 5.73 Å². The molecule has 1 aromatic carbocycles. The van der Waals surface area contributed by atoms with Crippen LogP contribution >= 0.6 is 0 Å². The van der Waals surface area contributed by atoms with Crippen LogP contribution in [0.25, 0.3) is 0 Å². The van der Waals surface area contributed by atoms with E-state index in [0.717, 1.165) is 31.4 Å². The number of piperidine rings is 1. The lowest BCUT2D eigenvalue weighted by Crippen LogP contribution is -2.48. The van der Waals surface area contributed by atoms with Crippen molar-refractivity contribution in [1.29, 1.82) is 0 Å². The number of rotatable bonds is 5. The van der Waals surface area contributed by atoms with Crippen molar-refractivity contribution in [2.24, 2.45) is 5.73 Å². The minimum absolute atomic E-state index is 0.0368. The SMILES string of the molecule is NCC1CCCCN1C(=O)Cc1ccc(S(=O)(=O)C(F)F)cc1. The van der Waals surface area contributed by atoms with Crippen molar-refractivity contribution in [2.75, 3.05) is 13.1 Å². The number of benzene rings is 1. The minimum atomic E-state index is -4.60.